The largest absolute Gasteiger partial charge is 0.465 e. The summed E-state index contributed by atoms with van der Waals surface area (Å²) in [6.45, 7) is 1.21. The molecule has 6 N–H and O–H groups in total. The van der Waals surface area contributed by atoms with Crippen LogP contribution in [0.4, 0.5) is 9.59 Å². The van der Waals surface area contributed by atoms with Gasteiger partial charge in [-0.15, -0.1) is 0 Å². The maximum atomic E-state index is 12.3. The Morgan fingerprint density at radius 3 is 1.24 bits per heavy atom. The standard InChI is InChI=1S/C28H38N4O6/c33-25(31-27(35)36)23(19-21-13-7-5-8-14-21)29-17-11-3-1-2-4-12-18-30-24(26(34)32-28(37)38)20-22-15-9-6-10-16-22/h5-10,13-16,23-24,29-30H,1-4,11-12,17-20H2,(H,31,33)(H,32,34)(H,35,36)(H,37,38). The van der Waals surface area contributed by atoms with E-state index in [0.717, 1.165) is 49.7 Å². The number of benzene rings is 2. The predicted molar refractivity (Wildman–Crippen MR) is 144 cm³/mol. The highest BCUT2D eigenvalue weighted by atomic mass is 16.4. The van der Waals surface area contributed by atoms with Crippen LogP contribution in [0.25, 0.3) is 0 Å². The van der Waals surface area contributed by atoms with Gasteiger partial charge >= 0.3 is 12.2 Å². The molecule has 4 amide bonds. The van der Waals surface area contributed by atoms with Crippen LogP contribution in [0.15, 0.2) is 60.7 Å². The van der Waals surface area contributed by atoms with E-state index >= 15 is 0 Å². The number of carbonyl (C=O) groups excluding carboxylic acids is 2. The minimum atomic E-state index is -1.36. The Kier molecular flexibility index (Phi) is 14.2. The first-order chi connectivity index (χ1) is 18.3. The van der Waals surface area contributed by atoms with Crippen molar-refractivity contribution in [3.05, 3.63) is 71.8 Å². The third kappa shape index (κ3) is 13.0. The van der Waals surface area contributed by atoms with Gasteiger partial charge in [0.15, 0.2) is 0 Å². The van der Waals surface area contributed by atoms with Gasteiger partial charge in [0.2, 0.25) is 11.8 Å². The molecule has 10 heteroatoms. The van der Waals surface area contributed by atoms with Gasteiger partial charge in [0.05, 0.1) is 12.1 Å². The summed E-state index contributed by atoms with van der Waals surface area (Å²) in [7, 11) is 0. The van der Waals surface area contributed by atoms with Gasteiger partial charge in [0.1, 0.15) is 0 Å². The van der Waals surface area contributed by atoms with E-state index in [1.54, 1.807) is 0 Å². The average molecular weight is 527 g/mol. The maximum absolute atomic E-state index is 12.3. The van der Waals surface area contributed by atoms with Gasteiger partial charge < -0.3 is 20.8 Å². The monoisotopic (exact) mass is 526 g/mol. The molecule has 2 aromatic rings. The molecule has 0 spiro atoms. The van der Waals surface area contributed by atoms with Crippen LogP contribution in [0.2, 0.25) is 0 Å². The molecule has 0 fully saturated rings. The summed E-state index contributed by atoms with van der Waals surface area (Å²) in [6, 6.07) is 17.7. The van der Waals surface area contributed by atoms with Crippen LogP contribution in [0, 0.1) is 0 Å². The van der Waals surface area contributed by atoms with Gasteiger partial charge in [-0.2, -0.15) is 0 Å². The van der Waals surface area contributed by atoms with E-state index in [-0.39, 0.29) is 0 Å². The van der Waals surface area contributed by atoms with Crippen LogP contribution in [0.3, 0.4) is 0 Å². The first kappa shape index (κ1) is 30.5. The van der Waals surface area contributed by atoms with E-state index in [9.17, 15) is 19.2 Å². The van der Waals surface area contributed by atoms with E-state index < -0.39 is 36.1 Å². The molecule has 0 aliphatic heterocycles. The van der Waals surface area contributed by atoms with E-state index in [4.69, 9.17) is 10.2 Å². The summed E-state index contributed by atoms with van der Waals surface area (Å²) in [4.78, 5) is 46.3. The Labute approximate surface area is 223 Å². The van der Waals surface area contributed by atoms with Gasteiger partial charge in [-0.05, 0) is 49.9 Å². The van der Waals surface area contributed by atoms with Crippen molar-refractivity contribution in [2.24, 2.45) is 0 Å². The van der Waals surface area contributed by atoms with E-state index in [0.29, 0.717) is 25.9 Å². The van der Waals surface area contributed by atoms with Crippen molar-refractivity contribution in [1.29, 1.82) is 0 Å². The molecular formula is C28H38N4O6. The minimum Gasteiger partial charge on any atom is -0.465 e. The molecule has 0 aliphatic rings. The van der Waals surface area contributed by atoms with E-state index in [1.807, 2.05) is 71.3 Å². The Morgan fingerprint density at radius 2 is 0.895 bits per heavy atom. The number of nitrogens with one attached hydrogen (secondary N) is 4. The Balaban J connectivity index is 1.63. The molecule has 0 heterocycles. The van der Waals surface area contributed by atoms with Crippen LogP contribution in [-0.2, 0) is 22.4 Å². The van der Waals surface area contributed by atoms with Gasteiger partial charge in [0, 0.05) is 0 Å². The van der Waals surface area contributed by atoms with Gasteiger partial charge in [-0.1, -0.05) is 86.3 Å². The molecule has 0 saturated heterocycles. The fraction of sp³-hybridized carbons (Fsp3) is 0.429. The summed E-state index contributed by atoms with van der Waals surface area (Å²) in [5, 5.41) is 28.0. The molecule has 0 bridgehead atoms. The summed E-state index contributed by atoms with van der Waals surface area (Å²) >= 11 is 0. The number of imide groups is 2. The van der Waals surface area contributed by atoms with Gasteiger partial charge in [-0.3, -0.25) is 20.2 Å². The molecule has 0 saturated carbocycles. The molecular weight excluding hydrogens is 488 g/mol. The topological polar surface area (TPSA) is 157 Å². The average Bonchev–Trinajstić information content (AvgIpc) is 2.88. The van der Waals surface area contributed by atoms with E-state index in [2.05, 4.69) is 10.6 Å². The fourth-order valence-electron chi connectivity index (χ4n) is 4.11. The first-order valence-corrected chi connectivity index (χ1v) is 13.0. The lowest BCUT2D eigenvalue weighted by molar-refractivity contribution is -0.123. The lowest BCUT2D eigenvalue weighted by Gasteiger charge is -2.18. The molecule has 0 aromatic heterocycles. The van der Waals surface area contributed by atoms with Crippen LogP contribution in [-0.4, -0.2) is 59.4 Å². The SMILES string of the molecule is O=C(O)NC(=O)C(Cc1ccccc1)NCCCCCCCCNC(Cc1ccccc1)C(=O)NC(=O)O. The van der Waals surface area contributed by atoms with Crippen LogP contribution in [0.5, 0.6) is 0 Å². The number of hydrogen-bond acceptors (Lipinski definition) is 6. The third-order valence-electron chi connectivity index (χ3n) is 6.04. The molecule has 2 rings (SSSR count). The summed E-state index contributed by atoms with van der Waals surface area (Å²) < 4.78 is 0. The summed E-state index contributed by atoms with van der Waals surface area (Å²) in [6.07, 6.45) is 3.77. The van der Waals surface area contributed by atoms with Crippen molar-refractivity contribution >= 4 is 24.0 Å². The zero-order valence-corrected chi connectivity index (χ0v) is 21.5. The third-order valence-corrected chi connectivity index (χ3v) is 6.04. The normalized spacial score (nSPS) is 12.3. The molecule has 38 heavy (non-hydrogen) atoms. The number of rotatable bonds is 17. The minimum absolute atomic E-state index is 0.405. The number of unbranched alkanes of at least 4 members (excludes halogenated alkanes) is 5. The van der Waals surface area contributed by atoms with Crippen molar-refractivity contribution in [2.75, 3.05) is 13.1 Å². The van der Waals surface area contributed by atoms with Crippen molar-refractivity contribution in [3.8, 4) is 0 Å². The molecule has 206 valence electrons. The summed E-state index contributed by atoms with van der Waals surface area (Å²) in [5.74, 6) is -1.12. The second-order valence-corrected chi connectivity index (χ2v) is 9.10. The van der Waals surface area contributed by atoms with Crippen LogP contribution >= 0.6 is 0 Å². The number of amides is 4. The van der Waals surface area contributed by atoms with Crippen molar-refractivity contribution < 1.29 is 29.4 Å². The van der Waals surface area contributed by atoms with Crippen LogP contribution in [0.1, 0.15) is 49.7 Å². The first-order valence-electron chi connectivity index (χ1n) is 13.0. The molecule has 0 radical (unpaired) electrons. The van der Waals surface area contributed by atoms with Crippen LogP contribution < -0.4 is 21.3 Å². The fourth-order valence-corrected chi connectivity index (χ4v) is 4.11. The lowest BCUT2D eigenvalue weighted by atomic mass is 10.0. The zero-order chi connectivity index (χ0) is 27.6. The molecule has 2 atom stereocenters. The second-order valence-electron chi connectivity index (χ2n) is 9.10. The molecule has 0 aliphatic carbocycles. The summed E-state index contributed by atoms with van der Waals surface area (Å²) in [5.41, 5.74) is 1.90. The van der Waals surface area contributed by atoms with Crippen molar-refractivity contribution in [3.63, 3.8) is 0 Å². The molecule has 2 unspecified atom stereocenters. The van der Waals surface area contributed by atoms with Gasteiger partial charge in [0.25, 0.3) is 0 Å². The zero-order valence-electron chi connectivity index (χ0n) is 21.5. The molecule has 2 aromatic carbocycles. The highest BCUT2D eigenvalue weighted by Crippen LogP contribution is 2.08. The quantitative estimate of drug-likeness (QED) is 0.171. The number of carbonyl (C=O) groups is 4. The number of carboxylic acid groups (broad SMARTS) is 2. The van der Waals surface area contributed by atoms with Crippen molar-refractivity contribution in [2.45, 2.75) is 63.5 Å². The highest BCUT2D eigenvalue weighted by Gasteiger charge is 2.21. The highest BCUT2D eigenvalue weighted by molar-refractivity contribution is 5.94. The number of hydrogen-bond donors (Lipinski definition) is 6. The molecule has 10 nitrogen and oxygen atoms in total. The predicted octanol–water partition coefficient (Wildman–Crippen LogP) is 3.32. The maximum Gasteiger partial charge on any atom is 0.411 e. The van der Waals surface area contributed by atoms with Gasteiger partial charge in [-0.25, -0.2) is 9.59 Å². The van der Waals surface area contributed by atoms with E-state index in [1.165, 1.54) is 0 Å². The Hall–Kier alpha value is -3.76. The second kappa shape index (κ2) is 17.7. The van der Waals surface area contributed by atoms with Crippen molar-refractivity contribution in [1.82, 2.24) is 21.3 Å². The Morgan fingerprint density at radius 1 is 0.553 bits per heavy atom. The lowest BCUT2D eigenvalue weighted by Crippen LogP contribution is -2.47. The smallest absolute Gasteiger partial charge is 0.411 e. The Bertz CT molecular complexity index is 921.